The molecule has 0 atom stereocenters. The average molecular weight is 183 g/mol. The summed E-state index contributed by atoms with van der Waals surface area (Å²) in [4.78, 5) is 0. The Morgan fingerprint density at radius 2 is 2.17 bits per heavy atom. The van der Waals surface area contributed by atoms with Gasteiger partial charge in [0.2, 0.25) is 0 Å². The van der Waals surface area contributed by atoms with Crippen LogP contribution in [0.3, 0.4) is 0 Å². The summed E-state index contributed by atoms with van der Waals surface area (Å²) in [6.45, 7) is 1.93. The summed E-state index contributed by atoms with van der Waals surface area (Å²) in [5.41, 5.74) is 2.33. The molecule has 0 spiro atoms. The van der Waals surface area contributed by atoms with Crippen LogP contribution in [0.2, 0.25) is 0 Å². The van der Waals surface area contributed by atoms with E-state index in [0.717, 1.165) is 11.3 Å². The molecule has 0 aliphatic heterocycles. The number of allylic oxidation sites excluding steroid dienone is 6. The smallest absolute Gasteiger partial charge is 0.0644 e. The van der Waals surface area contributed by atoms with Gasteiger partial charge in [-0.25, -0.2) is 0 Å². The van der Waals surface area contributed by atoms with Crippen molar-refractivity contribution in [1.29, 1.82) is 5.41 Å². The van der Waals surface area contributed by atoms with Crippen LogP contribution in [0.4, 0.5) is 0 Å². The summed E-state index contributed by atoms with van der Waals surface area (Å²) >= 11 is 5.72. The highest BCUT2D eigenvalue weighted by atomic mass is 35.5. The van der Waals surface area contributed by atoms with Crippen molar-refractivity contribution in [3.05, 3.63) is 34.5 Å². The van der Waals surface area contributed by atoms with Crippen LogP contribution >= 0.6 is 11.6 Å². The Morgan fingerprint density at radius 1 is 1.50 bits per heavy atom. The maximum Gasteiger partial charge on any atom is 0.0644 e. The van der Waals surface area contributed by atoms with Gasteiger partial charge in [0.05, 0.1) is 5.71 Å². The lowest BCUT2D eigenvalue weighted by Gasteiger charge is -2.10. The van der Waals surface area contributed by atoms with Crippen molar-refractivity contribution >= 4 is 17.3 Å². The Bertz CT molecular complexity index is 298. The molecule has 0 aromatic heterocycles. The molecule has 3 heteroatoms. The molecule has 2 N–H and O–H groups in total. The van der Waals surface area contributed by atoms with Crippen molar-refractivity contribution in [2.75, 3.05) is 7.05 Å². The van der Waals surface area contributed by atoms with E-state index in [4.69, 9.17) is 17.0 Å². The summed E-state index contributed by atoms with van der Waals surface area (Å²) in [7, 11) is 1.84. The van der Waals surface area contributed by atoms with E-state index >= 15 is 0 Å². The Morgan fingerprint density at radius 3 is 2.67 bits per heavy atom. The molecule has 2 nitrogen and oxygen atoms in total. The molecule has 0 radical (unpaired) electrons. The molecule has 0 heterocycles. The van der Waals surface area contributed by atoms with Crippen LogP contribution in [0.5, 0.6) is 0 Å². The fourth-order valence-corrected chi connectivity index (χ4v) is 1.15. The van der Waals surface area contributed by atoms with Crippen LogP contribution in [0.25, 0.3) is 0 Å². The molecule has 0 aromatic carbocycles. The van der Waals surface area contributed by atoms with Gasteiger partial charge in [0.25, 0.3) is 0 Å². The summed E-state index contributed by atoms with van der Waals surface area (Å²) in [6.07, 6.45) is 5.27. The minimum absolute atomic E-state index is 0.453. The highest BCUT2D eigenvalue weighted by Crippen LogP contribution is 2.17. The third-order valence-electron chi connectivity index (χ3n) is 1.76. The number of rotatable bonds is 1. The molecule has 0 unspecified atom stereocenters. The molecular weight excluding hydrogens is 172 g/mol. The van der Waals surface area contributed by atoms with E-state index in [2.05, 4.69) is 5.32 Å². The molecule has 0 amide bonds. The van der Waals surface area contributed by atoms with E-state index in [0.29, 0.717) is 10.7 Å². The van der Waals surface area contributed by atoms with Gasteiger partial charge in [-0.2, -0.15) is 0 Å². The zero-order chi connectivity index (χ0) is 9.14. The van der Waals surface area contributed by atoms with Crippen LogP contribution in [0, 0.1) is 5.41 Å². The van der Waals surface area contributed by atoms with Crippen LogP contribution in [-0.2, 0) is 0 Å². The van der Waals surface area contributed by atoms with Gasteiger partial charge in [0, 0.05) is 23.4 Å². The predicted octanol–water partition coefficient (Wildman–Crippen LogP) is 2.19. The topological polar surface area (TPSA) is 35.9 Å². The minimum Gasteiger partial charge on any atom is -0.391 e. The van der Waals surface area contributed by atoms with Gasteiger partial charge in [-0.15, -0.1) is 0 Å². The molecule has 0 fully saturated rings. The second kappa shape index (κ2) is 3.59. The van der Waals surface area contributed by atoms with Crippen molar-refractivity contribution in [3.63, 3.8) is 0 Å². The maximum atomic E-state index is 7.60. The zero-order valence-electron chi connectivity index (χ0n) is 7.11. The first-order chi connectivity index (χ1) is 5.65. The van der Waals surface area contributed by atoms with Gasteiger partial charge < -0.3 is 10.7 Å². The largest absolute Gasteiger partial charge is 0.391 e. The maximum absolute atomic E-state index is 7.60. The Balaban J connectivity index is 3.01. The van der Waals surface area contributed by atoms with Crippen LogP contribution in [0.15, 0.2) is 34.5 Å². The van der Waals surface area contributed by atoms with E-state index in [1.54, 1.807) is 12.2 Å². The Labute approximate surface area is 77.1 Å². The quantitative estimate of drug-likeness (QED) is 0.641. The number of halogens is 1. The number of hydrogen-bond acceptors (Lipinski definition) is 2. The molecule has 1 aliphatic carbocycles. The molecule has 64 valence electrons. The SMILES string of the molecule is CN/C(C)=C1/C=CC(Cl)=CC1=N. The second-order valence-electron chi connectivity index (χ2n) is 2.56. The van der Waals surface area contributed by atoms with Gasteiger partial charge in [-0.3, -0.25) is 0 Å². The Kier molecular flexibility index (Phi) is 2.71. The lowest BCUT2D eigenvalue weighted by molar-refractivity contribution is 0.981. The zero-order valence-corrected chi connectivity index (χ0v) is 7.87. The van der Waals surface area contributed by atoms with E-state index < -0.39 is 0 Å². The molecular formula is C9H11ClN2. The third-order valence-corrected chi connectivity index (χ3v) is 2.00. The van der Waals surface area contributed by atoms with E-state index in [-0.39, 0.29) is 0 Å². The highest BCUT2D eigenvalue weighted by Gasteiger charge is 2.07. The normalized spacial score (nSPS) is 20.6. The molecule has 0 bridgehead atoms. The lowest BCUT2D eigenvalue weighted by atomic mass is 10.0. The van der Waals surface area contributed by atoms with Gasteiger partial charge >= 0.3 is 0 Å². The van der Waals surface area contributed by atoms with Gasteiger partial charge in [-0.05, 0) is 25.2 Å². The average Bonchev–Trinajstić information content (AvgIpc) is 2.03. The molecule has 1 aliphatic rings. The summed E-state index contributed by atoms with van der Waals surface area (Å²) in [5, 5.41) is 11.2. The molecule has 0 saturated heterocycles. The second-order valence-corrected chi connectivity index (χ2v) is 3.00. The standard InChI is InChI=1S/C9H11ClN2/c1-6(12-2)8-4-3-7(10)5-9(8)11/h3-5,11-12H,1-2H3/b8-6-,11-9?. The first kappa shape index (κ1) is 9.07. The van der Waals surface area contributed by atoms with E-state index in [9.17, 15) is 0 Å². The summed E-state index contributed by atoms with van der Waals surface area (Å²) in [5.74, 6) is 0. The lowest BCUT2D eigenvalue weighted by Crippen LogP contribution is -2.11. The fraction of sp³-hybridized carbons (Fsp3) is 0.222. The van der Waals surface area contributed by atoms with Gasteiger partial charge in [-0.1, -0.05) is 11.6 Å². The van der Waals surface area contributed by atoms with Crippen molar-refractivity contribution in [3.8, 4) is 0 Å². The Hall–Kier alpha value is -1.02. The minimum atomic E-state index is 0.453. The van der Waals surface area contributed by atoms with Crippen molar-refractivity contribution in [2.24, 2.45) is 0 Å². The number of hydrogen-bond donors (Lipinski definition) is 2. The molecule has 0 saturated carbocycles. The summed E-state index contributed by atoms with van der Waals surface area (Å²) in [6, 6.07) is 0. The summed E-state index contributed by atoms with van der Waals surface area (Å²) < 4.78 is 0. The fourth-order valence-electron chi connectivity index (χ4n) is 0.978. The molecule has 1 rings (SSSR count). The van der Waals surface area contributed by atoms with Crippen LogP contribution < -0.4 is 5.32 Å². The van der Waals surface area contributed by atoms with Crippen LogP contribution in [-0.4, -0.2) is 12.8 Å². The van der Waals surface area contributed by atoms with Crippen molar-refractivity contribution in [1.82, 2.24) is 5.32 Å². The monoisotopic (exact) mass is 182 g/mol. The van der Waals surface area contributed by atoms with E-state index in [1.807, 2.05) is 20.0 Å². The molecule has 12 heavy (non-hydrogen) atoms. The number of nitrogens with one attached hydrogen (secondary N) is 2. The first-order valence-electron chi connectivity index (χ1n) is 3.68. The van der Waals surface area contributed by atoms with Crippen molar-refractivity contribution < 1.29 is 0 Å². The molecule has 0 aromatic rings. The third kappa shape index (κ3) is 1.77. The predicted molar refractivity (Wildman–Crippen MR) is 52.6 cm³/mol. The van der Waals surface area contributed by atoms with Gasteiger partial charge in [0.1, 0.15) is 0 Å². The first-order valence-corrected chi connectivity index (χ1v) is 4.05. The van der Waals surface area contributed by atoms with Crippen LogP contribution in [0.1, 0.15) is 6.92 Å². The van der Waals surface area contributed by atoms with E-state index in [1.165, 1.54) is 0 Å². The van der Waals surface area contributed by atoms with Crippen molar-refractivity contribution in [2.45, 2.75) is 6.92 Å². The van der Waals surface area contributed by atoms with Gasteiger partial charge in [0.15, 0.2) is 0 Å². The highest BCUT2D eigenvalue weighted by molar-refractivity contribution is 6.34.